The van der Waals surface area contributed by atoms with E-state index in [-0.39, 0.29) is 33.2 Å². The zero-order valence-electron chi connectivity index (χ0n) is 20.1. The molecule has 2 N–H and O–H groups in total. The molecule has 0 unspecified atom stereocenters. The zero-order chi connectivity index (χ0) is 25.8. The summed E-state index contributed by atoms with van der Waals surface area (Å²) in [5, 5.41) is 5.72. The highest BCUT2D eigenvalue weighted by molar-refractivity contribution is 7.92. The zero-order valence-corrected chi connectivity index (χ0v) is 20.9. The molecular weight excluding hydrogens is 493 g/mol. The second kappa shape index (κ2) is 8.65. The number of aromatic nitrogens is 2. The number of rotatable bonds is 7. The number of carbonyl (C=O) groups excluding carboxylic acids is 1. The van der Waals surface area contributed by atoms with Gasteiger partial charge in [-0.2, -0.15) is 4.98 Å². The smallest absolute Gasteiger partial charge is 0.250 e. The third-order valence-electron chi connectivity index (χ3n) is 7.48. The molecule has 2 fully saturated rings. The molecule has 8 nitrogen and oxygen atoms in total. The maximum absolute atomic E-state index is 14.6. The average molecular weight is 520 g/mol. The van der Waals surface area contributed by atoms with E-state index in [0.29, 0.717) is 30.8 Å². The summed E-state index contributed by atoms with van der Waals surface area (Å²) in [5.74, 6) is -0.660. The Kier molecular flexibility index (Phi) is 5.52. The van der Waals surface area contributed by atoms with Crippen molar-refractivity contribution in [1.29, 1.82) is 0 Å². The van der Waals surface area contributed by atoms with E-state index in [4.69, 9.17) is 0 Å². The Hall–Kier alpha value is -3.79. The summed E-state index contributed by atoms with van der Waals surface area (Å²) in [6, 6.07) is 12.1. The third kappa shape index (κ3) is 4.15. The Bertz CT molecular complexity index is 1520. The fraction of sp³-hybridized carbons (Fsp3) is 0.296. The summed E-state index contributed by atoms with van der Waals surface area (Å²) in [6.45, 7) is 4.26. The van der Waals surface area contributed by atoms with Crippen LogP contribution in [0.5, 0.6) is 0 Å². The molecule has 6 rings (SSSR count). The van der Waals surface area contributed by atoms with Crippen LogP contribution in [0.2, 0.25) is 0 Å². The minimum atomic E-state index is -3.27. The number of anilines is 5. The molecule has 2 heterocycles. The van der Waals surface area contributed by atoms with Gasteiger partial charge in [-0.3, -0.25) is 4.79 Å². The van der Waals surface area contributed by atoms with Crippen LogP contribution in [0.1, 0.15) is 37.7 Å². The average Bonchev–Trinajstić information content (AvgIpc) is 3.68. The molecule has 190 valence electrons. The van der Waals surface area contributed by atoms with Gasteiger partial charge in [-0.05, 0) is 73.7 Å². The highest BCUT2D eigenvalue weighted by Gasteiger charge is 2.48. The first-order valence-electron chi connectivity index (χ1n) is 12.3. The first kappa shape index (κ1) is 23.6. The predicted octanol–water partition coefficient (Wildman–Crippen LogP) is 4.99. The van der Waals surface area contributed by atoms with Crippen LogP contribution in [0.4, 0.5) is 33.2 Å². The SMILES string of the molecule is C=CC(=O)N1CC2(CCC2)c2ccc(Nc3nc(Nc4ccc(S(=O)(=O)C5CC5)cc4)ncc3F)cc21. The van der Waals surface area contributed by atoms with Crippen molar-refractivity contribution < 1.29 is 17.6 Å². The summed E-state index contributed by atoms with van der Waals surface area (Å²) in [5.41, 5.74) is 3.11. The second-order valence-corrected chi connectivity index (χ2v) is 12.1. The van der Waals surface area contributed by atoms with Crippen LogP contribution in [0.25, 0.3) is 0 Å². The number of halogens is 1. The van der Waals surface area contributed by atoms with E-state index < -0.39 is 15.7 Å². The quantitative estimate of drug-likeness (QED) is 0.424. The summed E-state index contributed by atoms with van der Waals surface area (Å²) in [7, 11) is -3.27. The fourth-order valence-corrected chi connectivity index (χ4v) is 6.83. The molecule has 1 aromatic heterocycles. The number of carbonyl (C=O) groups is 1. The van der Waals surface area contributed by atoms with Crippen molar-refractivity contribution in [3.05, 3.63) is 72.7 Å². The minimum Gasteiger partial charge on any atom is -0.338 e. The fourth-order valence-electron chi connectivity index (χ4n) is 5.17. The lowest BCUT2D eigenvalue weighted by Crippen LogP contribution is -2.40. The van der Waals surface area contributed by atoms with Gasteiger partial charge in [0.25, 0.3) is 0 Å². The molecule has 0 bridgehead atoms. The van der Waals surface area contributed by atoms with Crippen LogP contribution in [-0.2, 0) is 20.0 Å². The van der Waals surface area contributed by atoms with Gasteiger partial charge in [0.05, 0.1) is 16.3 Å². The molecule has 0 saturated heterocycles. The van der Waals surface area contributed by atoms with E-state index in [2.05, 4.69) is 27.2 Å². The largest absolute Gasteiger partial charge is 0.338 e. The maximum atomic E-state index is 14.6. The van der Waals surface area contributed by atoms with Crippen molar-refractivity contribution in [3.63, 3.8) is 0 Å². The molecule has 3 aliphatic rings. The van der Waals surface area contributed by atoms with Crippen molar-refractivity contribution >= 4 is 44.6 Å². The van der Waals surface area contributed by atoms with Crippen molar-refractivity contribution in [3.8, 4) is 0 Å². The Morgan fingerprint density at radius 1 is 1.11 bits per heavy atom. The van der Waals surface area contributed by atoms with Crippen LogP contribution in [0, 0.1) is 5.82 Å². The number of sulfone groups is 1. The third-order valence-corrected chi connectivity index (χ3v) is 9.76. The minimum absolute atomic E-state index is 0.00265. The normalized spacial score (nSPS) is 17.7. The van der Waals surface area contributed by atoms with Gasteiger partial charge in [0, 0.05) is 29.0 Å². The molecule has 3 aromatic rings. The van der Waals surface area contributed by atoms with Crippen LogP contribution < -0.4 is 15.5 Å². The number of hydrogen-bond acceptors (Lipinski definition) is 7. The van der Waals surface area contributed by atoms with Gasteiger partial charge in [-0.15, -0.1) is 0 Å². The van der Waals surface area contributed by atoms with Crippen molar-refractivity contribution in [2.45, 2.75) is 47.7 Å². The van der Waals surface area contributed by atoms with E-state index in [1.807, 2.05) is 18.2 Å². The second-order valence-electron chi connectivity index (χ2n) is 9.90. The first-order chi connectivity index (χ1) is 17.8. The topological polar surface area (TPSA) is 104 Å². The van der Waals surface area contributed by atoms with Gasteiger partial charge in [-0.1, -0.05) is 19.1 Å². The highest BCUT2D eigenvalue weighted by Crippen LogP contribution is 2.53. The molecular formula is C27H26FN5O3S. The van der Waals surface area contributed by atoms with Gasteiger partial charge in [0.15, 0.2) is 21.5 Å². The van der Waals surface area contributed by atoms with E-state index in [0.717, 1.165) is 36.7 Å². The number of nitrogens with one attached hydrogen (secondary N) is 2. The molecule has 2 aliphatic carbocycles. The summed E-state index contributed by atoms with van der Waals surface area (Å²) in [4.78, 5) is 22.8. The summed E-state index contributed by atoms with van der Waals surface area (Å²) >= 11 is 0. The number of nitrogens with zero attached hydrogens (tertiary/aromatic N) is 3. The number of hydrogen-bond donors (Lipinski definition) is 2. The van der Waals surface area contributed by atoms with Gasteiger partial charge >= 0.3 is 0 Å². The van der Waals surface area contributed by atoms with Crippen molar-refractivity contribution in [2.75, 3.05) is 22.1 Å². The lowest BCUT2D eigenvalue weighted by Gasteiger charge is -2.38. The van der Waals surface area contributed by atoms with Crippen LogP contribution >= 0.6 is 0 Å². The van der Waals surface area contributed by atoms with E-state index in [1.165, 1.54) is 6.08 Å². The molecule has 2 aromatic carbocycles. The van der Waals surface area contributed by atoms with Crippen LogP contribution in [0.3, 0.4) is 0 Å². The lowest BCUT2D eigenvalue weighted by atomic mass is 9.66. The first-order valence-corrected chi connectivity index (χ1v) is 13.8. The van der Waals surface area contributed by atoms with E-state index in [9.17, 15) is 17.6 Å². The van der Waals surface area contributed by atoms with E-state index >= 15 is 0 Å². The molecule has 37 heavy (non-hydrogen) atoms. The van der Waals surface area contributed by atoms with Crippen molar-refractivity contribution in [2.24, 2.45) is 0 Å². The molecule has 1 aliphatic heterocycles. The summed E-state index contributed by atoms with van der Waals surface area (Å²) < 4.78 is 39.4. The molecule has 1 spiro atoms. The highest BCUT2D eigenvalue weighted by atomic mass is 32.2. The van der Waals surface area contributed by atoms with E-state index in [1.54, 1.807) is 29.2 Å². The Labute approximate surface area is 214 Å². The van der Waals surface area contributed by atoms with Crippen LogP contribution in [0.15, 0.2) is 66.2 Å². The Balaban J connectivity index is 1.23. The monoisotopic (exact) mass is 519 g/mol. The van der Waals surface area contributed by atoms with Gasteiger partial charge in [0.1, 0.15) is 0 Å². The summed E-state index contributed by atoms with van der Waals surface area (Å²) in [6.07, 6.45) is 7.00. The van der Waals surface area contributed by atoms with Crippen molar-refractivity contribution in [1.82, 2.24) is 9.97 Å². The number of amides is 1. The van der Waals surface area contributed by atoms with Gasteiger partial charge < -0.3 is 15.5 Å². The Morgan fingerprint density at radius 3 is 2.49 bits per heavy atom. The number of fused-ring (bicyclic) bond motifs is 2. The lowest BCUT2D eigenvalue weighted by molar-refractivity contribution is -0.114. The maximum Gasteiger partial charge on any atom is 0.250 e. The molecule has 0 atom stereocenters. The molecule has 0 radical (unpaired) electrons. The predicted molar refractivity (Wildman–Crippen MR) is 140 cm³/mol. The Morgan fingerprint density at radius 2 is 1.84 bits per heavy atom. The molecule has 2 saturated carbocycles. The standard InChI is InChI=1S/C27H26FN5O3S/c1-2-24(34)33-16-27(12-3-13-27)21-11-6-18(14-23(21)33)30-25-22(28)15-29-26(32-25)31-17-4-7-19(8-5-17)37(35,36)20-9-10-20/h2,4-8,11,14-15,20H,1,3,9-10,12-13,16H2,(H2,29,30,31,32). The number of benzene rings is 2. The van der Waals surface area contributed by atoms with Crippen LogP contribution in [-0.4, -0.2) is 36.1 Å². The molecule has 10 heteroatoms. The van der Waals surface area contributed by atoms with Gasteiger partial charge in [-0.25, -0.2) is 17.8 Å². The molecule has 1 amide bonds. The van der Waals surface area contributed by atoms with Gasteiger partial charge in [0.2, 0.25) is 11.9 Å².